The zero-order valence-electron chi connectivity index (χ0n) is 13.4. The molecule has 1 aliphatic carbocycles. The van der Waals surface area contributed by atoms with Gasteiger partial charge in [0.05, 0.1) is 0 Å². The Morgan fingerprint density at radius 1 is 1.27 bits per heavy atom. The van der Waals surface area contributed by atoms with E-state index >= 15 is 0 Å². The molecule has 1 saturated carbocycles. The first-order valence-corrected chi connectivity index (χ1v) is 7.87. The topological polar surface area (TPSA) is 59.6 Å². The highest BCUT2D eigenvalue weighted by molar-refractivity contribution is 5.67. The normalized spacial score (nSPS) is 21.7. The minimum absolute atomic E-state index is 0.221. The molecule has 1 unspecified atom stereocenters. The van der Waals surface area contributed by atoms with Crippen molar-refractivity contribution in [2.75, 3.05) is 20.3 Å². The number of ether oxygens (including phenoxy) is 2. The molecule has 0 saturated heterocycles. The molecule has 1 aliphatic rings. The Morgan fingerprint density at radius 3 is 2.68 bits per heavy atom. The molecule has 2 N–H and O–H groups in total. The summed E-state index contributed by atoms with van der Waals surface area (Å²) < 4.78 is 10.3. The molecule has 1 fully saturated rings. The number of hydrogen-bond donors (Lipinski definition) is 2. The van der Waals surface area contributed by atoms with Crippen LogP contribution in [0.2, 0.25) is 0 Å². The number of hydrogen-bond acceptors (Lipinski definition) is 4. The van der Waals surface area contributed by atoms with Crippen molar-refractivity contribution in [2.24, 2.45) is 5.92 Å². The maximum atomic E-state index is 11.7. The van der Waals surface area contributed by atoms with Gasteiger partial charge in [0.2, 0.25) is 0 Å². The average molecular weight is 306 g/mol. The summed E-state index contributed by atoms with van der Waals surface area (Å²) in [5, 5.41) is 6.40. The van der Waals surface area contributed by atoms with Gasteiger partial charge >= 0.3 is 6.09 Å². The third-order valence-electron chi connectivity index (χ3n) is 3.88. The van der Waals surface area contributed by atoms with Gasteiger partial charge in [0.15, 0.2) is 0 Å². The van der Waals surface area contributed by atoms with Crippen LogP contribution < -0.4 is 10.6 Å². The fourth-order valence-corrected chi connectivity index (χ4v) is 2.55. The molecule has 0 heterocycles. The number of rotatable bonds is 8. The lowest BCUT2D eigenvalue weighted by atomic mass is 9.86. The van der Waals surface area contributed by atoms with Gasteiger partial charge in [0, 0.05) is 32.3 Å². The average Bonchev–Trinajstić information content (AvgIpc) is 2.48. The Hall–Kier alpha value is -1.59. The van der Waals surface area contributed by atoms with E-state index in [1.54, 1.807) is 7.11 Å². The predicted octanol–water partition coefficient (Wildman–Crippen LogP) is 2.32. The van der Waals surface area contributed by atoms with Gasteiger partial charge in [-0.25, -0.2) is 4.79 Å². The quantitative estimate of drug-likeness (QED) is 0.774. The fourth-order valence-electron chi connectivity index (χ4n) is 2.55. The molecule has 0 spiro atoms. The molecule has 1 amide bonds. The smallest absolute Gasteiger partial charge is 0.407 e. The lowest BCUT2D eigenvalue weighted by molar-refractivity contribution is 0.123. The van der Waals surface area contributed by atoms with Gasteiger partial charge in [-0.1, -0.05) is 37.3 Å². The molecular weight excluding hydrogens is 280 g/mol. The third-order valence-corrected chi connectivity index (χ3v) is 3.88. The van der Waals surface area contributed by atoms with Gasteiger partial charge in [-0.2, -0.15) is 0 Å². The van der Waals surface area contributed by atoms with Crippen molar-refractivity contribution < 1.29 is 14.3 Å². The summed E-state index contributed by atoms with van der Waals surface area (Å²) in [6.07, 6.45) is 1.58. The zero-order valence-corrected chi connectivity index (χ0v) is 13.4. The molecule has 0 aromatic heterocycles. The van der Waals surface area contributed by atoms with Crippen LogP contribution in [0.1, 0.15) is 25.3 Å². The largest absolute Gasteiger partial charge is 0.445 e. The lowest BCUT2D eigenvalue weighted by Gasteiger charge is -2.36. The first kappa shape index (κ1) is 16.8. The standard InChI is InChI=1S/C17H26N2O3/c1-13(11-21-2)10-18-15-8-16(9-15)19-17(20)22-12-14-6-4-3-5-7-14/h3-7,13,15-16,18H,8-12H2,1-2H3,(H,19,20). The van der Waals surface area contributed by atoms with Crippen molar-refractivity contribution in [2.45, 2.75) is 38.5 Å². The number of benzene rings is 1. The third kappa shape index (κ3) is 5.66. The van der Waals surface area contributed by atoms with Gasteiger partial charge in [-0.3, -0.25) is 0 Å². The van der Waals surface area contributed by atoms with Gasteiger partial charge in [0.25, 0.3) is 0 Å². The molecule has 122 valence electrons. The molecule has 5 heteroatoms. The molecule has 0 radical (unpaired) electrons. The Morgan fingerprint density at radius 2 is 2.00 bits per heavy atom. The number of alkyl carbamates (subject to hydrolysis) is 1. The minimum atomic E-state index is -0.333. The summed E-state index contributed by atoms with van der Waals surface area (Å²) in [4.78, 5) is 11.7. The van der Waals surface area contributed by atoms with Crippen molar-refractivity contribution >= 4 is 6.09 Å². The fraction of sp³-hybridized carbons (Fsp3) is 0.588. The van der Waals surface area contributed by atoms with Crippen molar-refractivity contribution in [1.29, 1.82) is 0 Å². The van der Waals surface area contributed by atoms with E-state index in [4.69, 9.17) is 9.47 Å². The second kappa shape index (κ2) is 8.76. The van der Waals surface area contributed by atoms with E-state index in [0.29, 0.717) is 18.6 Å². The second-order valence-electron chi connectivity index (χ2n) is 6.04. The van der Waals surface area contributed by atoms with Crippen LogP contribution in [0.15, 0.2) is 30.3 Å². The van der Waals surface area contributed by atoms with E-state index in [1.807, 2.05) is 30.3 Å². The molecule has 0 aliphatic heterocycles. The Labute approximate surface area is 132 Å². The van der Waals surface area contributed by atoms with Crippen LogP contribution in [0, 0.1) is 5.92 Å². The van der Waals surface area contributed by atoms with Crippen LogP contribution in [0.25, 0.3) is 0 Å². The number of nitrogens with one attached hydrogen (secondary N) is 2. The number of amides is 1. The lowest BCUT2D eigenvalue weighted by Crippen LogP contribution is -2.53. The summed E-state index contributed by atoms with van der Waals surface area (Å²) in [7, 11) is 1.72. The first-order valence-electron chi connectivity index (χ1n) is 7.87. The van der Waals surface area contributed by atoms with Crippen molar-refractivity contribution in [1.82, 2.24) is 10.6 Å². The summed E-state index contributed by atoms with van der Waals surface area (Å²) in [5.74, 6) is 0.507. The second-order valence-corrected chi connectivity index (χ2v) is 6.04. The Balaban J connectivity index is 1.54. The number of carbonyl (C=O) groups excluding carboxylic acids is 1. The Bertz CT molecular complexity index is 446. The van der Waals surface area contributed by atoms with E-state index in [1.165, 1.54) is 0 Å². The molecule has 1 atom stereocenters. The van der Waals surface area contributed by atoms with Crippen LogP contribution in [0.4, 0.5) is 4.79 Å². The molecule has 22 heavy (non-hydrogen) atoms. The molecule has 1 aromatic rings. The highest BCUT2D eigenvalue weighted by atomic mass is 16.5. The van der Waals surface area contributed by atoms with Gasteiger partial charge in [-0.15, -0.1) is 0 Å². The molecular formula is C17H26N2O3. The van der Waals surface area contributed by atoms with E-state index in [2.05, 4.69) is 17.6 Å². The van der Waals surface area contributed by atoms with Gasteiger partial charge < -0.3 is 20.1 Å². The summed E-state index contributed by atoms with van der Waals surface area (Å²) in [6.45, 7) is 4.19. The van der Waals surface area contributed by atoms with E-state index < -0.39 is 0 Å². The van der Waals surface area contributed by atoms with Crippen LogP contribution in [0.5, 0.6) is 0 Å². The van der Waals surface area contributed by atoms with Crippen molar-refractivity contribution in [3.8, 4) is 0 Å². The predicted molar refractivity (Wildman–Crippen MR) is 85.6 cm³/mol. The van der Waals surface area contributed by atoms with Crippen LogP contribution in [0.3, 0.4) is 0 Å². The minimum Gasteiger partial charge on any atom is -0.445 e. The number of methoxy groups -OCH3 is 1. The van der Waals surface area contributed by atoms with Crippen LogP contribution >= 0.6 is 0 Å². The van der Waals surface area contributed by atoms with Crippen molar-refractivity contribution in [3.05, 3.63) is 35.9 Å². The molecule has 5 nitrogen and oxygen atoms in total. The van der Waals surface area contributed by atoms with Crippen LogP contribution in [-0.4, -0.2) is 38.4 Å². The maximum absolute atomic E-state index is 11.7. The summed E-state index contributed by atoms with van der Waals surface area (Å²) >= 11 is 0. The highest BCUT2D eigenvalue weighted by Crippen LogP contribution is 2.20. The monoisotopic (exact) mass is 306 g/mol. The summed E-state index contributed by atoms with van der Waals surface area (Å²) in [5.41, 5.74) is 0.998. The maximum Gasteiger partial charge on any atom is 0.407 e. The molecule has 2 rings (SSSR count). The van der Waals surface area contributed by atoms with E-state index in [-0.39, 0.29) is 12.1 Å². The van der Waals surface area contributed by atoms with Gasteiger partial charge in [-0.05, 0) is 24.3 Å². The summed E-state index contributed by atoms with van der Waals surface area (Å²) in [6, 6.07) is 10.4. The Kier molecular flexibility index (Phi) is 6.68. The number of carbonyl (C=O) groups is 1. The van der Waals surface area contributed by atoms with Gasteiger partial charge in [0.1, 0.15) is 6.61 Å². The van der Waals surface area contributed by atoms with E-state index in [9.17, 15) is 4.79 Å². The SMILES string of the molecule is COCC(C)CNC1CC(NC(=O)OCc2ccccc2)C1. The molecule has 1 aromatic carbocycles. The van der Waals surface area contributed by atoms with Crippen molar-refractivity contribution in [3.63, 3.8) is 0 Å². The molecule has 0 bridgehead atoms. The van der Waals surface area contributed by atoms with E-state index in [0.717, 1.165) is 31.6 Å². The zero-order chi connectivity index (χ0) is 15.8. The van der Waals surface area contributed by atoms with Crippen LogP contribution in [-0.2, 0) is 16.1 Å². The highest BCUT2D eigenvalue weighted by Gasteiger charge is 2.30. The first-order chi connectivity index (χ1) is 10.7.